The molecule has 184 valence electrons. The molecular formula is C28H29N5O3. The number of carbonyl (C=O) groups is 1. The van der Waals surface area contributed by atoms with Crippen LogP contribution in [0.1, 0.15) is 11.1 Å². The molecule has 1 saturated heterocycles. The second kappa shape index (κ2) is 11.3. The number of hydrogen-bond donors (Lipinski definition) is 2. The number of hydrogen-bond acceptors (Lipinski definition) is 6. The molecule has 5 rings (SSSR count). The summed E-state index contributed by atoms with van der Waals surface area (Å²) in [6.45, 7) is 4.86. The highest BCUT2D eigenvalue weighted by Crippen LogP contribution is 2.27. The van der Waals surface area contributed by atoms with Gasteiger partial charge in [-0.15, -0.1) is 0 Å². The monoisotopic (exact) mass is 483 g/mol. The van der Waals surface area contributed by atoms with E-state index >= 15 is 0 Å². The zero-order valence-corrected chi connectivity index (χ0v) is 20.0. The fraction of sp³-hybridized carbons (Fsp3) is 0.250. The van der Waals surface area contributed by atoms with E-state index in [-0.39, 0.29) is 12.5 Å². The third-order valence-corrected chi connectivity index (χ3v) is 6.27. The van der Waals surface area contributed by atoms with Gasteiger partial charge in [0.2, 0.25) is 5.91 Å². The van der Waals surface area contributed by atoms with E-state index in [4.69, 9.17) is 4.74 Å². The number of aromatic nitrogens is 3. The van der Waals surface area contributed by atoms with E-state index < -0.39 is 0 Å². The number of aliphatic hydroxyl groups is 1. The first kappa shape index (κ1) is 23.9. The molecule has 0 spiro atoms. The number of fused-ring (bicyclic) bond motifs is 1. The first-order chi connectivity index (χ1) is 17.7. The number of nitrogens with one attached hydrogen (secondary N) is 1. The molecular weight excluding hydrogens is 454 g/mol. The number of benzene rings is 2. The predicted molar refractivity (Wildman–Crippen MR) is 140 cm³/mol. The summed E-state index contributed by atoms with van der Waals surface area (Å²) in [5, 5.41) is 12.3. The number of pyridine rings is 1. The minimum absolute atomic E-state index is 0.0463. The second-order valence-corrected chi connectivity index (χ2v) is 8.74. The second-order valence-electron chi connectivity index (χ2n) is 8.74. The van der Waals surface area contributed by atoms with Gasteiger partial charge in [-0.2, -0.15) is 0 Å². The van der Waals surface area contributed by atoms with Crippen LogP contribution < -0.4 is 5.32 Å². The van der Waals surface area contributed by atoms with Gasteiger partial charge in [0, 0.05) is 55.9 Å². The standard InChI is InChI=1S/C28H29N5O3/c34-14-11-33-20-30-26-7-3-22(17-27(26)33)25-9-10-29-18-23(25)4-8-28(35)31-24-5-1-21(2-6-24)19-32-12-15-36-16-13-32/h1-10,17-18,20,34H,11-16,19H2,(H,31,35)/b8-4+. The van der Waals surface area contributed by atoms with Crippen LogP contribution in [0.25, 0.3) is 28.2 Å². The Morgan fingerprint density at radius 2 is 1.94 bits per heavy atom. The molecule has 1 amide bonds. The fourth-order valence-electron chi connectivity index (χ4n) is 4.37. The average molecular weight is 484 g/mol. The van der Waals surface area contributed by atoms with Crippen molar-refractivity contribution in [3.8, 4) is 11.1 Å². The Morgan fingerprint density at radius 3 is 2.75 bits per heavy atom. The molecule has 1 aliphatic rings. The van der Waals surface area contributed by atoms with Crippen molar-refractivity contribution in [1.82, 2.24) is 19.4 Å². The Hall–Kier alpha value is -3.85. The number of ether oxygens (including phenoxy) is 1. The molecule has 0 radical (unpaired) electrons. The van der Waals surface area contributed by atoms with E-state index in [1.165, 1.54) is 11.6 Å². The molecule has 1 aliphatic heterocycles. The largest absolute Gasteiger partial charge is 0.395 e. The molecule has 4 aromatic rings. The first-order valence-corrected chi connectivity index (χ1v) is 12.1. The third kappa shape index (κ3) is 5.68. The van der Waals surface area contributed by atoms with Gasteiger partial charge in [0.25, 0.3) is 0 Å². The lowest BCUT2D eigenvalue weighted by molar-refractivity contribution is -0.111. The van der Waals surface area contributed by atoms with Crippen LogP contribution in [0.5, 0.6) is 0 Å². The minimum Gasteiger partial charge on any atom is -0.395 e. The van der Waals surface area contributed by atoms with Crippen LogP contribution in [0.4, 0.5) is 5.69 Å². The van der Waals surface area contributed by atoms with Gasteiger partial charge in [-0.3, -0.25) is 14.7 Å². The van der Waals surface area contributed by atoms with Crippen molar-refractivity contribution in [2.45, 2.75) is 13.1 Å². The molecule has 0 unspecified atom stereocenters. The molecule has 8 heteroatoms. The van der Waals surface area contributed by atoms with Gasteiger partial charge >= 0.3 is 0 Å². The Morgan fingerprint density at radius 1 is 1.11 bits per heavy atom. The topological polar surface area (TPSA) is 92.5 Å². The molecule has 3 heterocycles. The van der Waals surface area contributed by atoms with Gasteiger partial charge in [-0.05, 0) is 53.1 Å². The number of carbonyl (C=O) groups excluding carboxylic acids is 1. The Bertz CT molecular complexity index is 1360. The van der Waals surface area contributed by atoms with Crippen molar-refractivity contribution in [3.05, 3.63) is 84.5 Å². The number of imidazole rings is 1. The average Bonchev–Trinajstić information content (AvgIpc) is 3.32. The number of anilines is 1. The van der Waals surface area contributed by atoms with Crippen molar-refractivity contribution in [3.63, 3.8) is 0 Å². The Kier molecular flexibility index (Phi) is 7.47. The van der Waals surface area contributed by atoms with E-state index in [9.17, 15) is 9.90 Å². The molecule has 36 heavy (non-hydrogen) atoms. The van der Waals surface area contributed by atoms with Crippen molar-refractivity contribution in [1.29, 1.82) is 0 Å². The Balaban J connectivity index is 1.27. The quantitative estimate of drug-likeness (QED) is 0.372. The van der Waals surface area contributed by atoms with Crippen LogP contribution >= 0.6 is 0 Å². The third-order valence-electron chi connectivity index (χ3n) is 6.27. The molecule has 0 bridgehead atoms. The number of rotatable bonds is 8. The van der Waals surface area contributed by atoms with Gasteiger partial charge in [0.1, 0.15) is 0 Å². The maximum atomic E-state index is 12.6. The van der Waals surface area contributed by atoms with Gasteiger partial charge in [-0.25, -0.2) is 4.98 Å². The molecule has 0 aliphatic carbocycles. The fourth-order valence-corrected chi connectivity index (χ4v) is 4.37. The summed E-state index contributed by atoms with van der Waals surface area (Å²) in [6.07, 6.45) is 8.52. The summed E-state index contributed by atoms with van der Waals surface area (Å²) < 4.78 is 7.33. The SMILES string of the molecule is O=C(/C=C/c1cnccc1-c1ccc2ncn(CCO)c2c1)Nc1ccc(CN2CCOCC2)cc1. The number of aliphatic hydroxyl groups excluding tert-OH is 1. The lowest BCUT2D eigenvalue weighted by Gasteiger charge is -2.26. The highest BCUT2D eigenvalue weighted by Gasteiger charge is 2.11. The summed E-state index contributed by atoms with van der Waals surface area (Å²) in [5.41, 5.74) is 6.56. The number of amides is 1. The molecule has 2 aromatic carbocycles. The lowest BCUT2D eigenvalue weighted by Crippen LogP contribution is -2.35. The molecule has 1 fully saturated rings. The van der Waals surface area contributed by atoms with Crippen LogP contribution in [0.2, 0.25) is 0 Å². The molecule has 0 atom stereocenters. The van der Waals surface area contributed by atoms with Crippen LogP contribution in [0.15, 0.2) is 73.3 Å². The van der Waals surface area contributed by atoms with Crippen molar-refractivity contribution in [2.24, 2.45) is 0 Å². The summed E-state index contributed by atoms with van der Waals surface area (Å²) in [4.78, 5) is 23.6. The summed E-state index contributed by atoms with van der Waals surface area (Å²) in [6, 6.07) is 15.9. The first-order valence-electron chi connectivity index (χ1n) is 12.1. The predicted octanol–water partition coefficient (Wildman–Crippen LogP) is 3.57. The smallest absolute Gasteiger partial charge is 0.248 e. The Labute approximate surface area is 209 Å². The highest BCUT2D eigenvalue weighted by atomic mass is 16.5. The zero-order valence-electron chi connectivity index (χ0n) is 20.0. The van der Waals surface area contributed by atoms with E-state index in [0.717, 1.165) is 66.3 Å². The molecule has 2 N–H and O–H groups in total. The maximum absolute atomic E-state index is 12.6. The number of nitrogens with zero attached hydrogens (tertiary/aromatic N) is 4. The van der Waals surface area contributed by atoms with Gasteiger partial charge in [0.15, 0.2) is 0 Å². The van der Waals surface area contributed by atoms with E-state index in [2.05, 4.69) is 20.2 Å². The minimum atomic E-state index is -0.206. The zero-order chi connectivity index (χ0) is 24.7. The van der Waals surface area contributed by atoms with Crippen LogP contribution in [-0.4, -0.2) is 63.4 Å². The van der Waals surface area contributed by atoms with Crippen LogP contribution in [0, 0.1) is 0 Å². The van der Waals surface area contributed by atoms with Gasteiger partial charge in [-0.1, -0.05) is 18.2 Å². The van der Waals surface area contributed by atoms with Crippen molar-refractivity contribution in [2.75, 3.05) is 38.2 Å². The maximum Gasteiger partial charge on any atom is 0.248 e. The van der Waals surface area contributed by atoms with E-state index in [1.54, 1.807) is 24.8 Å². The molecule has 0 saturated carbocycles. The van der Waals surface area contributed by atoms with Gasteiger partial charge in [0.05, 0.1) is 37.2 Å². The summed E-state index contributed by atoms with van der Waals surface area (Å²) >= 11 is 0. The highest BCUT2D eigenvalue weighted by molar-refractivity contribution is 6.02. The van der Waals surface area contributed by atoms with Crippen LogP contribution in [0.3, 0.4) is 0 Å². The van der Waals surface area contributed by atoms with Gasteiger partial charge < -0.3 is 19.7 Å². The van der Waals surface area contributed by atoms with E-state index in [1.807, 2.05) is 53.1 Å². The lowest BCUT2D eigenvalue weighted by atomic mass is 10.0. The summed E-state index contributed by atoms with van der Waals surface area (Å²) in [5.74, 6) is -0.206. The number of morpholine rings is 1. The normalized spacial score (nSPS) is 14.5. The van der Waals surface area contributed by atoms with Crippen LogP contribution in [-0.2, 0) is 22.6 Å². The molecule has 8 nitrogen and oxygen atoms in total. The van der Waals surface area contributed by atoms with Crippen molar-refractivity contribution < 1.29 is 14.6 Å². The molecule has 2 aromatic heterocycles. The van der Waals surface area contributed by atoms with E-state index in [0.29, 0.717) is 6.54 Å². The summed E-state index contributed by atoms with van der Waals surface area (Å²) in [7, 11) is 0. The van der Waals surface area contributed by atoms with Crippen molar-refractivity contribution >= 4 is 28.7 Å².